The van der Waals surface area contributed by atoms with Crippen LogP contribution in [0.1, 0.15) is 11.4 Å². The van der Waals surface area contributed by atoms with Crippen molar-refractivity contribution in [3.8, 4) is 0 Å². The molecule has 0 saturated carbocycles. The number of halogens is 2. The van der Waals surface area contributed by atoms with Gasteiger partial charge in [-0.25, -0.2) is 9.18 Å². The first-order valence-corrected chi connectivity index (χ1v) is 9.04. The number of allylic oxidation sites excluding steroid dienone is 4. The number of para-hydroxylation sites is 1. The summed E-state index contributed by atoms with van der Waals surface area (Å²) in [6.45, 7) is 0. The number of hydrogen-bond acceptors (Lipinski definition) is 4. The summed E-state index contributed by atoms with van der Waals surface area (Å²) >= 11 is 6.14. The minimum absolute atomic E-state index is 0.0886. The zero-order valence-electron chi connectivity index (χ0n) is 14.7. The van der Waals surface area contributed by atoms with Crippen LogP contribution in [0, 0.1) is 0 Å². The van der Waals surface area contributed by atoms with Crippen LogP contribution >= 0.6 is 11.6 Å². The molecule has 2 aliphatic heterocycles. The second kappa shape index (κ2) is 6.68. The molecule has 2 aliphatic rings. The summed E-state index contributed by atoms with van der Waals surface area (Å²) in [5.41, 5.74) is 2.74. The molecule has 142 valence electrons. The number of carbonyl (C=O) groups is 1. The number of benzene rings is 2. The van der Waals surface area contributed by atoms with Crippen LogP contribution in [0.25, 0.3) is 11.1 Å². The molecule has 0 atom stereocenters. The number of nitrogens with zero attached hydrogens (tertiary/aromatic N) is 4. The van der Waals surface area contributed by atoms with Crippen molar-refractivity contribution in [2.45, 2.75) is 0 Å². The first kappa shape index (κ1) is 17.3. The van der Waals surface area contributed by atoms with E-state index in [1.807, 2.05) is 30.3 Å². The Morgan fingerprint density at radius 2 is 1.83 bits per heavy atom. The zero-order chi connectivity index (χ0) is 20.0. The number of hydrogen-bond donors (Lipinski definition) is 2. The van der Waals surface area contributed by atoms with Gasteiger partial charge < -0.3 is 5.32 Å². The molecular weight excluding hydrogens is 395 g/mol. The number of carbonyl (C=O) groups excluding carboxylic acids is 1. The van der Waals surface area contributed by atoms with E-state index in [1.165, 1.54) is 11.0 Å². The van der Waals surface area contributed by atoms with Crippen molar-refractivity contribution >= 4 is 34.5 Å². The molecule has 0 saturated heterocycles. The highest BCUT2D eigenvalue weighted by Gasteiger charge is 2.46. The van der Waals surface area contributed by atoms with Crippen LogP contribution in [0.5, 0.6) is 0 Å². The fraction of sp³-hybridized carbons (Fsp3) is 0. The Morgan fingerprint density at radius 1 is 1.07 bits per heavy atom. The van der Waals surface area contributed by atoms with Gasteiger partial charge in [-0.05, 0) is 29.0 Å². The lowest BCUT2D eigenvalue weighted by Gasteiger charge is -2.42. The van der Waals surface area contributed by atoms with Gasteiger partial charge in [0.05, 0.1) is 27.7 Å². The Morgan fingerprint density at radius 3 is 2.55 bits per heavy atom. The molecular formula is C20H12ClFN6O. The van der Waals surface area contributed by atoms with E-state index in [1.54, 1.807) is 24.3 Å². The van der Waals surface area contributed by atoms with Crippen molar-refractivity contribution in [2.75, 3.05) is 5.32 Å². The van der Waals surface area contributed by atoms with Crippen LogP contribution in [0.15, 0.2) is 77.9 Å². The first-order chi connectivity index (χ1) is 14.1. The van der Waals surface area contributed by atoms with E-state index in [4.69, 9.17) is 11.6 Å². The summed E-state index contributed by atoms with van der Waals surface area (Å²) in [7, 11) is 0. The molecule has 2 N–H and O–H groups in total. The molecule has 0 unspecified atom stereocenters. The number of rotatable bonds is 3. The summed E-state index contributed by atoms with van der Waals surface area (Å²) in [6.07, 6.45) is 1.41. The Labute approximate surface area is 169 Å². The third kappa shape index (κ3) is 2.73. The van der Waals surface area contributed by atoms with Crippen LogP contribution in [0.2, 0.25) is 5.02 Å². The monoisotopic (exact) mass is 406 g/mol. The molecule has 0 aliphatic carbocycles. The average Bonchev–Trinajstić information content (AvgIpc) is 3.23. The van der Waals surface area contributed by atoms with Gasteiger partial charge in [-0.3, -0.25) is 4.90 Å². The van der Waals surface area contributed by atoms with E-state index in [0.717, 1.165) is 5.56 Å². The minimum Gasteiger partial charge on any atom is -0.306 e. The van der Waals surface area contributed by atoms with Gasteiger partial charge in [0.2, 0.25) is 5.82 Å². The van der Waals surface area contributed by atoms with Crippen molar-refractivity contribution < 1.29 is 9.18 Å². The molecule has 0 fully saturated rings. The largest absolute Gasteiger partial charge is 0.331 e. The van der Waals surface area contributed by atoms with E-state index < -0.39 is 11.9 Å². The average molecular weight is 407 g/mol. The highest BCUT2D eigenvalue weighted by Crippen LogP contribution is 2.52. The number of tetrazole rings is 1. The van der Waals surface area contributed by atoms with Crippen molar-refractivity contribution in [3.05, 3.63) is 94.3 Å². The second-order valence-corrected chi connectivity index (χ2v) is 6.73. The molecule has 2 amide bonds. The van der Waals surface area contributed by atoms with Crippen LogP contribution < -0.4 is 5.32 Å². The summed E-state index contributed by atoms with van der Waals surface area (Å²) in [5.74, 6) is -0.346. The first-order valence-electron chi connectivity index (χ1n) is 8.66. The molecule has 0 spiro atoms. The summed E-state index contributed by atoms with van der Waals surface area (Å²) in [4.78, 5) is 14.3. The van der Waals surface area contributed by atoms with Gasteiger partial charge in [-0.2, -0.15) is 5.21 Å². The summed E-state index contributed by atoms with van der Waals surface area (Å²) < 4.78 is 15.1. The van der Waals surface area contributed by atoms with Crippen LogP contribution in [0.4, 0.5) is 14.9 Å². The maximum atomic E-state index is 15.1. The number of H-pyrrole nitrogens is 1. The molecule has 9 heteroatoms. The number of aromatic amines is 1. The van der Waals surface area contributed by atoms with Gasteiger partial charge in [0, 0.05) is 5.57 Å². The van der Waals surface area contributed by atoms with Gasteiger partial charge in [-0.15, -0.1) is 10.2 Å². The molecule has 3 aromatic rings. The smallest absolute Gasteiger partial charge is 0.306 e. The van der Waals surface area contributed by atoms with E-state index >= 15 is 4.39 Å². The second-order valence-electron chi connectivity index (χ2n) is 6.33. The van der Waals surface area contributed by atoms with Crippen molar-refractivity contribution in [3.63, 3.8) is 0 Å². The lowest BCUT2D eigenvalue weighted by Crippen LogP contribution is -2.44. The maximum Gasteiger partial charge on any atom is 0.331 e. The Kier molecular flexibility index (Phi) is 3.99. The van der Waals surface area contributed by atoms with Gasteiger partial charge in [0.15, 0.2) is 0 Å². The van der Waals surface area contributed by atoms with E-state index in [2.05, 4.69) is 25.9 Å². The predicted octanol–water partition coefficient (Wildman–Crippen LogP) is 4.39. The van der Waals surface area contributed by atoms with Gasteiger partial charge in [0.1, 0.15) is 5.83 Å². The van der Waals surface area contributed by atoms with Gasteiger partial charge in [0.25, 0.3) is 0 Å². The highest BCUT2D eigenvalue weighted by atomic mass is 35.5. The number of anilines is 1. The molecule has 29 heavy (non-hydrogen) atoms. The molecule has 1 aromatic heterocycles. The standard InChI is InChI=1S/C20H12ClFN6O/c21-13-8-4-5-9-15(13)23-20(29)28-17-12(11-6-2-1-3-7-11)10-14(22)18(28)16(17)19-24-26-27-25-19/h1-10H,(H,23,29)(H,24,25,26,27). The van der Waals surface area contributed by atoms with Crippen LogP contribution in [-0.4, -0.2) is 31.6 Å². The maximum absolute atomic E-state index is 15.1. The number of fused-ring (bicyclic) bond motifs is 2. The summed E-state index contributed by atoms with van der Waals surface area (Å²) in [5, 5.41) is 17.0. The minimum atomic E-state index is -0.562. The predicted molar refractivity (Wildman–Crippen MR) is 106 cm³/mol. The normalized spacial score (nSPS) is 15.2. The van der Waals surface area contributed by atoms with Crippen molar-refractivity contribution in [2.24, 2.45) is 0 Å². The number of aromatic nitrogens is 4. The third-order valence-corrected chi connectivity index (χ3v) is 4.98. The number of nitrogens with one attached hydrogen (secondary N) is 2. The van der Waals surface area contributed by atoms with E-state index in [0.29, 0.717) is 27.6 Å². The quantitative estimate of drug-likeness (QED) is 0.675. The fourth-order valence-corrected chi connectivity index (χ4v) is 3.58. The molecule has 0 radical (unpaired) electrons. The molecule has 2 aromatic carbocycles. The fourth-order valence-electron chi connectivity index (χ4n) is 3.39. The molecule has 7 nitrogen and oxygen atoms in total. The Bertz CT molecular complexity index is 1220. The Balaban J connectivity index is 1.60. The van der Waals surface area contributed by atoms with Crippen molar-refractivity contribution in [1.29, 1.82) is 0 Å². The molecule has 5 rings (SSSR count). The zero-order valence-corrected chi connectivity index (χ0v) is 15.5. The number of urea groups is 1. The van der Waals surface area contributed by atoms with Gasteiger partial charge >= 0.3 is 6.03 Å². The van der Waals surface area contributed by atoms with Crippen LogP contribution in [-0.2, 0) is 0 Å². The van der Waals surface area contributed by atoms with Gasteiger partial charge in [-0.1, -0.05) is 54.1 Å². The highest BCUT2D eigenvalue weighted by molar-refractivity contribution is 6.33. The van der Waals surface area contributed by atoms with E-state index in [-0.39, 0.29) is 11.5 Å². The summed E-state index contributed by atoms with van der Waals surface area (Å²) in [6, 6.07) is 15.5. The lowest BCUT2D eigenvalue weighted by molar-refractivity contribution is 0.232. The van der Waals surface area contributed by atoms with Crippen LogP contribution in [0.3, 0.4) is 0 Å². The third-order valence-electron chi connectivity index (χ3n) is 4.65. The topological polar surface area (TPSA) is 86.8 Å². The number of amides is 2. The van der Waals surface area contributed by atoms with E-state index in [9.17, 15) is 4.79 Å². The molecule has 2 bridgehead atoms. The Hall–Kier alpha value is -3.78. The SMILES string of the molecule is O=C(Nc1ccccc1Cl)N1c2c(F)cc(-c3ccccc3)c1c2-c1nn[nH]n1. The lowest BCUT2D eigenvalue weighted by atomic mass is 9.84. The molecule has 3 heterocycles. The van der Waals surface area contributed by atoms with Crippen molar-refractivity contribution in [1.82, 2.24) is 25.5 Å².